The lowest BCUT2D eigenvalue weighted by atomic mass is 10.1. The summed E-state index contributed by atoms with van der Waals surface area (Å²) in [5, 5.41) is 0.781. The van der Waals surface area contributed by atoms with Crippen LogP contribution in [0.15, 0.2) is 18.2 Å². The van der Waals surface area contributed by atoms with E-state index in [-0.39, 0.29) is 6.10 Å². The van der Waals surface area contributed by atoms with E-state index >= 15 is 0 Å². The topological polar surface area (TPSA) is 38.5 Å². The van der Waals surface area contributed by atoms with Crippen LogP contribution in [0.2, 0.25) is 5.02 Å². The zero-order valence-corrected chi connectivity index (χ0v) is 11.6. The largest absolute Gasteiger partial charge is 0.377 e. The molecule has 100 valence electrons. The minimum Gasteiger partial charge on any atom is -0.377 e. The molecular weight excluding hydrogens is 248 g/mol. The van der Waals surface area contributed by atoms with Crippen LogP contribution in [0.1, 0.15) is 18.9 Å². The van der Waals surface area contributed by atoms with E-state index in [9.17, 15) is 0 Å². The highest BCUT2D eigenvalue weighted by atomic mass is 35.5. The average molecular weight is 269 g/mol. The van der Waals surface area contributed by atoms with Gasteiger partial charge in [-0.3, -0.25) is 0 Å². The van der Waals surface area contributed by atoms with Crippen molar-refractivity contribution in [3.63, 3.8) is 0 Å². The van der Waals surface area contributed by atoms with Crippen molar-refractivity contribution in [1.29, 1.82) is 0 Å². The molecule has 1 unspecified atom stereocenters. The number of benzene rings is 1. The second-order valence-corrected chi connectivity index (χ2v) is 5.23. The van der Waals surface area contributed by atoms with E-state index < -0.39 is 0 Å². The van der Waals surface area contributed by atoms with Crippen molar-refractivity contribution >= 4 is 17.3 Å². The van der Waals surface area contributed by atoms with Crippen molar-refractivity contribution in [2.24, 2.45) is 5.73 Å². The van der Waals surface area contributed by atoms with E-state index in [0.29, 0.717) is 6.54 Å². The Balaban J connectivity index is 2.26. The van der Waals surface area contributed by atoms with Crippen molar-refractivity contribution in [3.05, 3.63) is 28.8 Å². The molecule has 0 bridgehead atoms. The maximum atomic E-state index is 6.12. The maximum absolute atomic E-state index is 6.12. The van der Waals surface area contributed by atoms with Gasteiger partial charge in [0.15, 0.2) is 0 Å². The summed E-state index contributed by atoms with van der Waals surface area (Å²) in [6.07, 6.45) is 2.20. The van der Waals surface area contributed by atoms with Crippen LogP contribution in [0.25, 0.3) is 0 Å². The van der Waals surface area contributed by atoms with Gasteiger partial charge in [0.1, 0.15) is 0 Å². The third-order valence-corrected chi connectivity index (χ3v) is 3.49. The number of nitrogens with two attached hydrogens (primary N) is 1. The fourth-order valence-corrected chi connectivity index (χ4v) is 2.58. The molecule has 0 radical (unpaired) electrons. The predicted molar refractivity (Wildman–Crippen MR) is 76.5 cm³/mol. The number of halogens is 1. The quantitative estimate of drug-likeness (QED) is 0.915. The van der Waals surface area contributed by atoms with Crippen molar-refractivity contribution in [2.75, 3.05) is 31.1 Å². The van der Waals surface area contributed by atoms with E-state index in [0.717, 1.165) is 37.6 Å². The Hall–Kier alpha value is -0.770. The zero-order valence-electron chi connectivity index (χ0n) is 10.9. The molecule has 1 aliphatic rings. The molecule has 1 fully saturated rings. The van der Waals surface area contributed by atoms with Gasteiger partial charge in [0.2, 0.25) is 0 Å². The highest BCUT2D eigenvalue weighted by Crippen LogP contribution is 2.26. The van der Waals surface area contributed by atoms with Gasteiger partial charge in [-0.1, -0.05) is 17.7 Å². The first-order valence-corrected chi connectivity index (χ1v) is 6.93. The van der Waals surface area contributed by atoms with Gasteiger partial charge in [0.05, 0.1) is 6.10 Å². The number of rotatable bonds is 3. The molecule has 1 atom stereocenters. The van der Waals surface area contributed by atoms with Gasteiger partial charge in [0, 0.05) is 30.4 Å². The minimum absolute atomic E-state index is 0.261. The zero-order chi connectivity index (χ0) is 13.0. The molecule has 1 aromatic carbocycles. The third-order valence-electron chi connectivity index (χ3n) is 3.25. The monoisotopic (exact) mass is 268 g/mol. The number of anilines is 1. The van der Waals surface area contributed by atoms with Crippen molar-refractivity contribution < 1.29 is 4.74 Å². The third kappa shape index (κ3) is 3.37. The molecule has 3 nitrogen and oxygen atoms in total. The van der Waals surface area contributed by atoms with Crippen molar-refractivity contribution in [3.8, 4) is 0 Å². The van der Waals surface area contributed by atoms with Gasteiger partial charge in [-0.2, -0.15) is 0 Å². The van der Waals surface area contributed by atoms with Crippen LogP contribution in [0.5, 0.6) is 0 Å². The summed E-state index contributed by atoms with van der Waals surface area (Å²) in [4.78, 5) is 2.37. The molecule has 0 aromatic heterocycles. The van der Waals surface area contributed by atoms with Crippen molar-refractivity contribution in [2.45, 2.75) is 25.9 Å². The second-order valence-electron chi connectivity index (χ2n) is 4.79. The Bertz CT molecular complexity index is 397. The molecule has 2 N–H and O–H groups in total. The molecule has 0 spiro atoms. The smallest absolute Gasteiger partial charge is 0.0721 e. The molecule has 1 saturated heterocycles. The SMILES string of the molecule is CC1CN(c2cc(Cl)ccc2CCN)CCCO1. The molecular formula is C14H21ClN2O. The van der Waals surface area contributed by atoms with E-state index in [4.69, 9.17) is 22.1 Å². The Morgan fingerprint density at radius 3 is 3.11 bits per heavy atom. The van der Waals surface area contributed by atoms with Gasteiger partial charge >= 0.3 is 0 Å². The number of nitrogens with zero attached hydrogens (tertiary/aromatic N) is 1. The number of hydrogen-bond donors (Lipinski definition) is 1. The molecule has 0 aliphatic carbocycles. The summed E-state index contributed by atoms with van der Waals surface area (Å²) in [6.45, 7) is 5.55. The van der Waals surface area contributed by atoms with Crippen molar-refractivity contribution in [1.82, 2.24) is 0 Å². The Kier molecular flexibility index (Phi) is 4.87. The molecule has 1 aliphatic heterocycles. The minimum atomic E-state index is 0.261. The first-order valence-electron chi connectivity index (χ1n) is 6.55. The van der Waals surface area contributed by atoms with Gasteiger partial charge in [0.25, 0.3) is 0 Å². The molecule has 2 rings (SSSR count). The van der Waals surface area contributed by atoms with Crippen LogP contribution >= 0.6 is 11.6 Å². The molecule has 1 aromatic rings. The van der Waals surface area contributed by atoms with Gasteiger partial charge in [-0.25, -0.2) is 0 Å². The second kappa shape index (κ2) is 6.41. The summed E-state index contributed by atoms with van der Waals surface area (Å²) in [7, 11) is 0. The summed E-state index contributed by atoms with van der Waals surface area (Å²) in [5.41, 5.74) is 8.17. The van der Waals surface area contributed by atoms with E-state index in [1.54, 1.807) is 0 Å². The molecule has 0 amide bonds. The summed E-state index contributed by atoms with van der Waals surface area (Å²) in [5.74, 6) is 0. The highest BCUT2D eigenvalue weighted by Gasteiger charge is 2.17. The van der Waals surface area contributed by atoms with Crippen LogP contribution < -0.4 is 10.6 Å². The Morgan fingerprint density at radius 1 is 1.50 bits per heavy atom. The number of ether oxygens (including phenoxy) is 1. The van der Waals surface area contributed by atoms with Crippen LogP contribution in [0.4, 0.5) is 5.69 Å². The maximum Gasteiger partial charge on any atom is 0.0721 e. The lowest BCUT2D eigenvalue weighted by Crippen LogP contribution is -2.31. The van der Waals surface area contributed by atoms with Crippen LogP contribution in [-0.4, -0.2) is 32.3 Å². The van der Waals surface area contributed by atoms with Crippen LogP contribution in [0.3, 0.4) is 0 Å². The average Bonchev–Trinajstić information content (AvgIpc) is 2.56. The first kappa shape index (κ1) is 13.7. The fourth-order valence-electron chi connectivity index (χ4n) is 2.41. The first-order chi connectivity index (χ1) is 8.70. The van der Waals surface area contributed by atoms with Crippen LogP contribution in [-0.2, 0) is 11.2 Å². The predicted octanol–water partition coefficient (Wildman–Crippen LogP) is 2.46. The lowest BCUT2D eigenvalue weighted by Gasteiger charge is -2.27. The Labute approximate surface area is 114 Å². The van der Waals surface area contributed by atoms with Gasteiger partial charge < -0.3 is 15.4 Å². The molecule has 1 heterocycles. The van der Waals surface area contributed by atoms with E-state index in [1.165, 1.54) is 11.3 Å². The number of hydrogen-bond acceptors (Lipinski definition) is 3. The molecule has 0 saturated carbocycles. The normalized spacial score (nSPS) is 20.8. The summed E-state index contributed by atoms with van der Waals surface area (Å²) in [6, 6.07) is 6.07. The lowest BCUT2D eigenvalue weighted by molar-refractivity contribution is 0.0821. The molecule has 18 heavy (non-hydrogen) atoms. The van der Waals surface area contributed by atoms with Gasteiger partial charge in [-0.05, 0) is 44.0 Å². The highest BCUT2D eigenvalue weighted by molar-refractivity contribution is 6.30. The summed E-state index contributed by atoms with van der Waals surface area (Å²) < 4.78 is 5.69. The fraction of sp³-hybridized carbons (Fsp3) is 0.571. The summed E-state index contributed by atoms with van der Waals surface area (Å²) >= 11 is 6.12. The molecule has 4 heteroatoms. The van der Waals surface area contributed by atoms with E-state index in [1.807, 2.05) is 12.1 Å². The standard InChI is InChI=1S/C14H21ClN2O/c1-11-10-17(7-2-8-18-11)14-9-13(15)4-3-12(14)5-6-16/h3-4,9,11H,2,5-8,10,16H2,1H3. The van der Waals surface area contributed by atoms with E-state index in [2.05, 4.69) is 17.9 Å². The Morgan fingerprint density at radius 2 is 2.33 bits per heavy atom. The van der Waals surface area contributed by atoms with Crippen LogP contribution in [0, 0.1) is 0 Å². The van der Waals surface area contributed by atoms with Gasteiger partial charge in [-0.15, -0.1) is 0 Å².